The SMILES string of the molecule is CC(C)Cc1cc2c3ccccc3n(C)c2c(CC(C)C)c1-n1c2[n+](c3ccccc31)Cc1ccccc1-2. The molecule has 0 amide bonds. The summed E-state index contributed by atoms with van der Waals surface area (Å²) in [4.78, 5) is 0. The molecule has 0 spiro atoms. The highest BCUT2D eigenvalue weighted by Gasteiger charge is 2.37. The minimum atomic E-state index is 0.541. The lowest BCUT2D eigenvalue weighted by atomic mass is 9.91. The van der Waals surface area contributed by atoms with Crippen molar-refractivity contribution in [3.63, 3.8) is 0 Å². The smallest absolute Gasteiger partial charge is 0.295 e. The van der Waals surface area contributed by atoms with Crippen molar-refractivity contribution in [3.05, 3.63) is 95.6 Å². The molecular weight excluding hydrogens is 462 g/mol. The van der Waals surface area contributed by atoms with Crippen LogP contribution in [0.15, 0.2) is 78.9 Å². The Morgan fingerprint density at radius 1 is 0.763 bits per heavy atom. The second kappa shape index (κ2) is 8.59. The number of hydrogen-bond donors (Lipinski definition) is 0. The predicted molar refractivity (Wildman–Crippen MR) is 159 cm³/mol. The van der Waals surface area contributed by atoms with Gasteiger partial charge in [0.05, 0.1) is 11.1 Å². The summed E-state index contributed by atoms with van der Waals surface area (Å²) >= 11 is 0. The second-order valence-corrected chi connectivity index (χ2v) is 11.9. The topological polar surface area (TPSA) is 13.7 Å². The third-order valence-electron chi connectivity index (χ3n) is 8.27. The monoisotopic (exact) mass is 498 g/mol. The molecule has 0 fully saturated rings. The molecule has 4 aromatic carbocycles. The molecule has 1 aliphatic rings. The first-order chi connectivity index (χ1) is 18.4. The molecule has 7 rings (SSSR count). The molecule has 3 heteroatoms. The number of hydrogen-bond acceptors (Lipinski definition) is 0. The van der Waals surface area contributed by atoms with Crippen molar-refractivity contribution in [2.45, 2.75) is 47.1 Å². The summed E-state index contributed by atoms with van der Waals surface area (Å²) in [5.74, 6) is 2.41. The van der Waals surface area contributed by atoms with Gasteiger partial charge >= 0.3 is 0 Å². The lowest BCUT2D eigenvalue weighted by Crippen LogP contribution is -2.31. The van der Waals surface area contributed by atoms with Crippen molar-refractivity contribution >= 4 is 32.8 Å². The molecule has 0 N–H and O–H groups in total. The molecule has 0 unspecified atom stereocenters. The van der Waals surface area contributed by atoms with E-state index in [1.165, 1.54) is 66.6 Å². The number of benzene rings is 4. The van der Waals surface area contributed by atoms with Gasteiger partial charge in [-0.15, -0.1) is 0 Å². The van der Waals surface area contributed by atoms with E-state index in [0.29, 0.717) is 11.8 Å². The molecule has 190 valence electrons. The molecule has 3 heterocycles. The van der Waals surface area contributed by atoms with E-state index < -0.39 is 0 Å². The Hall–Kier alpha value is -3.85. The Morgan fingerprint density at radius 2 is 1.45 bits per heavy atom. The Labute approximate surface area is 225 Å². The molecular formula is C35H36N3+. The minimum Gasteiger partial charge on any atom is -0.343 e. The summed E-state index contributed by atoms with van der Waals surface area (Å²) in [7, 11) is 2.25. The summed E-state index contributed by atoms with van der Waals surface area (Å²) < 4.78 is 7.59. The van der Waals surface area contributed by atoms with E-state index in [1.54, 1.807) is 0 Å². The summed E-state index contributed by atoms with van der Waals surface area (Å²) in [5.41, 5.74) is 12.4. The summed E-state index contributed by atoms with van der Waals surface area (Å²) in [6.45, 7) is 10.3. The standard InChI is InChI=1S/C35H36N3/c1-22(2)18-25-20-28-27-14-8-9-15-30(27)36(5)34(28)29(19-23(3)4)33(25)38-32-17-11-10-16-31(32)37-21-24-12-6-7-13-26(24)35(37)38/h6-17,20,22-23H,18-19,21H2,1-5H3/q+1. The van der Waals surface area contributed by atoms with Gasteiger partial charge in [0.2, 0.25) is 0 Å². The zero-order chi connectivity index (χ0) is 26.1. The number of fused-ring (bicyclic) bond motifs is 8. The number of aryl methyl sites for hydroxylation is 1. The fraction of sp³-hybridized carbons (Fsp3) is 0.286. The molecule has 2 aromatic heterocycles. The molecule has 1 aliphatic heterocycles. The van der Waals surface area contributed by atoms with Gasteiger partial charge in [0, 0.05) is 40.0 Å². The molecule has 0 aliphatic carbocycles. The van der Waals surface area contributed by atoms with E-state index in [-0.39, 0.29) is 0 Å². The van der Waals surface area contributed by atoms with Crippen LogP contribution in [0.5, 0.6) is 0 Å². The molecule has 0 bridgehead atoms. The van der Waals surface area contributed by atoms with Crippen molar-refractivity contribution in [2.24, 2.45) is 18.9 Å². The maximum atomic E-state index is 2.62. The normalized spacial score (nSPS) is 12.9. The van der Waals surface area contributed by atoms with Crippen LogP contribution < -0.4 is 4.57 Å². The summed E-state index contributed by atoms with van der Waals surface area (Å²) in [5, 5.41) is 2.74. The number of nitrogens with zero attached hydrogens (tertiary/aromatic N) is 3. The maximum absolute atomic E-state index is 2.62. The van der Waals surface area contributed by atoms with Gasteiger partial charge in [-0.1, -0.05) is 76.2 Å². The number of rotatable bonds is 5. The average Bonchev–Trinajstić information content (AvgIpc) is 3.52. The first-order valence-electron chi connectivity index (χ1n) is 14.1. The van der Waals surface area contributed by atoms with Crippen molar-refractivity contribution in [1.29, 1.82) is 0 Å². The highest BCUT2D eigenvalue weighted by atomic mass is 15.2. The van der Waals surface area contributed by atoms with Gasteiger partial charge in [-0.2, -0.15) is 4.57 Å². The molecule has 0 saturated carbocycles. The fourth-order valence-corrected chi connectivity index (χ4v) is 6.89. The van der Waals surface area contributed by atoms with Crippen LogP contribution in [0.1, 0.15) is 44.4 Å². The Kier molecular flexibility index (Phi) is 5.26. The lowest BCUT2D eigenvalue weighted by molar-refractivity contribution is -0.645. The van der Waals surface area contributed by atoms with E-state index in [2.05, 4.69) is 127 Å². The predicted octanol–water partition coefficient (Wildman–Crippen LogP) is 7.99. The van der Waals surface area contributed by atoms with E-state index in [0.717, 1.165) is 19.4 Å². The van der Waals surface area contributed by atoms with Gasteiger partial charge in [0.1, 0.15) is 12.2 Å². The van der Waals surface area contributed by atoms with Crippen molar-refractivity contribution in [3.8, 4) is 17.1 Å². The zero-order valence-corrected chi connectivity index (χ0v) is 23.1. The molecule has 6 aromatic rings. The molecule has 38 heavy (non-hydrogen) atoms. The van der Waals surface area contributed by atoms with Gasteiger partial charge in [-0.3, -0.25) is 0 Å². The summed E-state index contributed by atoms with van der Waals surface area (Å²) in [6.07, 6.45) is 2.09. The highest BCUT2D eigenvalue weighted by molar-refractivity contribution is 6.10. The van der Waals surface area contributed by atoms with Gasteiger partial charge in [-0.25, -0.2) is 4.57 Å². The van der Waals surface area contributed by atoms with Gasteiger partial charge < -0.3 is 4.57 Å². The van der Waals surface area contributed by atoms with E-state index in [4.69, 9.17) is 0 Å². The molecule has 0 saturated heterocycles. The van der Waals surface area contributed by atoms with E-state index in [9.17, 15) is 0 Å². The second-order valence-electron chi connectivity index (χ2n) is 11.9. The Balaban J connectivity index is 1.70. The minimum absolute atomic E-state index is 0.541. The van der Waals surface area contributed by atoms with Crippen LogP contribution in [0.2, 0.25) is 0 Å². The van der Waals surface area contributed by atoms with Crippen LogP contribution in [-0.4, -0.2) is 9.13 Å². The van der Waals surface area contributed by atoms with Gasteiger partial charge in [0.25, 0.3) is 5.82 Å². The molecule has 3 nitrogen and oxygen atoms in total. The lowest BCUT2D eigenvalue weighted by Gasteiger charge is -2.19. The van der Waals surface area contributed by atoms with Crippen molar-refractivity contribution in [2.75, 3.05) is 0 Å². The van der Waals surface area contributed by atoms with Gasteiger partial charge in [0.15, 0.2) is 11.0 Å². The maximum Gasteiger partial charge on any atom is 0.295 e. The fourth-order valence-electron chi connectivity index (χ4n) is 6.89. The van der Waals surface area contributed by atoms with E-state index in [1.807, 2.05) is 0 Å². The number of aromatic nitrogens is 3. The van der Waals surface area contributed by atoms with Crippen LogP contribution in [0.3, 0.4) is 0 Å². The first kappa shape index (κ1) is 23.3. The first-order valence-corrected chi connectivity index (χ1v) is 14.1. The van der Waals surface area contributed by atoms with Crippen LogP contribution in [0.4, 0.5) is 0 Å². The third kappa shape index (κ3) is 3.31. The average molecular weight is 499 g/mol. The Morgan fingerprint density at radius 3 is 2.24 bits per heavy atom. The number of para-hydroxylation sites is 3. The molecule has 0 atom stereocenters. The largest absolute Gasteiger partial charge is 0.343 e. The number of imidazole rings is 1. The van der Waals surface area contributed by atoms with Gasteiger partial charge in [-0.05, 0) is 55.0 Å². The van der Waals surface area contributed by atoms with Crippen LogP contribution in [0, 0.1) is 11.8 Å². The van der Waals surface area contributed by atoms with Crippen LogP contribution in [-0.2, 0) is 26.4 Å². The van der Waals surface area contributed by atoms with Crippen molar-refractivity contribution < 1.29 is 4.57 Å². The highest BCUT2D eigenvalue weighted by Crippen LogP contribution is 2.41. The Bertz CT molecular complexity index is 1860. The summed E-state index contributed by atoms with van der Waals surface area (Å²) in [6, 6.07) is 29.4. The zero-order valence-electron chi connectivity index (χ0n) is 23.1. The van der Waals surface area contributed by atoms with Crippen LogP contribution in [0.25, 0.3) is 49.9 Å². The van der Waals surface area contributed by atoms with Crippen molar-refractivity contribution in [1.82, 2.24) is 9.13 Å². The third-order valence-corrected chi connectivity index (χ3v) is 8.27. The van der Waals surface area contributed by atoms with Crippen LogP contribution >= 0.6 is 0 Å². The molecule has 0 radical (unpaired) electrons. The van der Waals surface area contributed by atoms with E-state index >= 15 is 0 Å². The quantitative estimate of drug-likeness (QED) is 0.214.